The Balaban J connectivity index is 1.08. The number of ether oxygens (including phenoxy) is 1. The van der Waals surface area contributed by atoms with Gasteiger partial charge < -0.3 is 14.5 Å². The van der Waals surface area contributed by atoms with Crippen LogP contribution in [-0.4, -0.2) is 21.6 Å². The van der Waals surface area contributed by atoms with Gasteiger partial charge >= 0.3 is 0 Å². The van der Waals surface area contributed by atoms with E-state index in [1.54, 1.807) is 6.26 Å². The summed E-state index contributed by atoms with van der Waals surface area (Å²) in [5.74, 6) is 2.90. The van der Waals surface area contributed by atoms with Crippen molar-refractivity contribution in [3.63, 3.8) is 0 Å². The van der Waals surface area contributed by atoms with Crippen molar-refractivity contribution in [1.29, 1.82) is 0 Å². The minimum Gasteiger partial charge on any atom is -0.457 e. The predicted octanol–water partition coefficient (Wildman–Crippen LogP) is 13.9. The van der Waals surface area contributed by atoms with Crippen LogP contribution in [0.4, 0.5) is 0 Å². The van der Waals surface area contributed by atoms with E-state index in [0.29, 0.717) is 11.6 Å². The number of pyridine rings is 1. The topological polar surface area (TPSA) is 65.1 Å². The number of nitrogens with one attached hydrogen (secondary N) is 1. The first-order chi connectivity index (χ1) is 29.0. The van der Waals surface area contributed by atoms with Crippen molar-refractivity contribution in [2.45, 2.75) is 58.4 Å². The van der Waals surface area contributed by atoms with Crippen LogP contribution in [0.3, 0.4) is 0 Å². The number of benzene rings is 6. The SMILES string of the molecule is CNC(c1nc(-c2cccc(Oc3ccc4c5cc(C(C)(C)C)ccc5n(-c5cc(C(C)(C)C)ccn5)c4c3)c2)co1)c1c(-c2ccccc2)cccc1-c1ccccc1. The van der Waals surface area contributed by atoms with E-state index in [-0.39, 0.29) is 16.9 Å². The summed E-state index contributed by atoms with van der Waals surface area (Å²) < 4.78 is 15.3. The molecule has 0 aliphatic carbocycles. The molecule has 0 saturated heterocycles. The Bertz CT molecular complexity index is 2910. The number of oxazole rings is 1. The molecule has 3 heterocycles. The minimum absolute atomic E-state index is 0.0113. The summed E-state index contributed by atoms with van der Waals surface area (Å²) in [4.78, 5) is 10.0. The quantitative estimate of drug-likeness (QED) is 0.158. The van der Waals surface area contributed by atoms with Gasteiger partial charge in [-0.2, -0.15) is 0 Å². The molecular formula is C54H50N4O2. The predicted molar refractivity (Wildman–Crippen MR) is 246 cm³/mol. The average molecular weight is 787 g/mol. The van der Waals surface area contributed by atoms with Crippen molar-refractivity contribution in [2.24, 2.45) is 0 Å². The first-order valence-electron chi connectivity index (χ1n) is 20.7. The number of aromatic nitrogens is 3. The van der Waals surface area contributed by atoms with Gasteiger partial charge in [-0.15, -0.1) is 0 Å². The summed E-state index contributed by atoms with van der Waals surface area (Å²) >= 11 is 0. The highest BCUT2D eigenvalue weighted by molar-refractivity contribution is 6.09. The fourth-order valence-electron chi connectivity index (χ4n) is 8.20. The van der Waals surface area contributed by atoms with Crippen LogP contribution in [0.2, 0.25) is 0 Å². The highest BCUT2D eigenvalue weighted by Gasteiger charge is 2.26. The van der Waals surface area contributed by atoms with Crippen molar-refractivity contribution in [3.8, 4) is 50.8 Å². The summed E-state index contributed by atoms with van der Waals surface area (Å²) in [5, 5.41) is 5.88. The van der Waals surface area contributed by atoms with Crippen molar-refractivity contribution < 1.29 is 9.15 Å². The molecule has 0 bridgehead atoms. The maximum Gasteiger partial charge on any atom is 0.216 e. The van der Waals surface area contributed by atoms with E-state index in [4.69, 9.17) is 19.1 Å². The molecular weight excluding hydrogens is 737 g/mol. The van der Waals surface area contributed by atoms with Crippen LogP contribution in [0.1, 0.15) is 70.2 Å². The summed E-state index contributed by atoms with van der Waals surface area (Å²) in [6.07, 6.45) is 3.66. The van der Waals surface area contributed by atoms with Crippen molar-refractivity contribution >= 4 is 21.8 Å². The standard InChI is InChI=1S/C54H50N4O2/c1-53(2,3)38-24-27-47-45(31-38)44-26-25-41(33-48(44)58(47)49-32-39(28-29-56-49)54(4,5)6)60-40-21-14-20-37(30-40)46-34-59-52(57-46)51(55-7)50-42(35-16-10-8-11-17-35)22-15-23-43(50)36-18-12-9-13-19-36/h8-34,51,55H,1-7H3. The average Bonchev–Trinajstić information content (AvgIpc) is 3.87. The Hall–Kier alpha value is -6.76. The summed E-state index contributed by atoms with van der Waals surface area (Å²) in [6.45, 7) is 13.5. The van der Waals surface area contributed by atoms with E-state index in [1.165, 1.54) is 16.5 Å². The fourth-order valence-corrected chi connectivity index (χ4v) is 8.20. The molecule has 298 valence electrons. The second-order valence-electron chi connectivity index (χ2n) is 17.6. The Morgan fingerprint density at radius 2 is 1.22 bits per heavy atom. The number of fused-ring (bicyclic) bond motifs is 3. The van der Waals surface area contributed by atoms with Gasteiger partial charge in [0, 0.05) is 28.6 Å². The molecule has 3 aromatic heterocycles. The van der Waals surface area contributed by atoms with Gasteiger partial charge in [0.25, 0.3) is 0 Å². The molecule has 6 heteroatoms. The Morgan fingerprint density at radius 3 is 1.88 bits per heavy atom. The lowest BCUT2D eigenvalue weighted by Gasteiger charge is -2.22. The second kappa shape index (κ2) is 15.4. The molecule has 0 aliphatic rings. The maximum absolute atomic E-state index is 6.66. The summed E-state index contributed by atoms with van der Waals surface area (Å²) in [7, 11) is 1.96. The summed E-state index contributed by atoms with van der Waals surface area (Å²) in [5.41, 5.74) is 11.9. The van der Waals surface area contributed by atoms with E-state index in [9.17, 15) is 0 Å². The molecule has 60 heavy (non-hydrogen) atoms. The fraction of sp³-hybridized carbons (Fsp3) is 0.185. The maximum atomic E-state index is 6.66. The molecule has 9 rings (SSSR count). The molecule has 1 unspecified atom stereocenters. The molecule has 1 atom stereocenters. The van der Waals surface area contributed by atoms with Crippen LogP contribution < -0.4 is 10.1 Å². The van der Waals surface area contributed by atoms with Crippen LogP contribution in [0, 0.1) is 0 Å². The van der Waals surface area contributed by atoms with Gasteiger partial charge in [-0.3, -0.25) is 4.57 Å². The molecule has 0 fully saturated rings. The highest BCUT2D eigenvalue weighted by Crippen LogP contribution is 2.41. The Kier molecular flexibility index (Phi) is 9.97. The van der Waals surface area contributed by atoms with Gasteiger partial charge in [-0.1, -0.05) is 139 Å². The smallest absolute Gasteiger partial charge is 0.216 e. The third-order valence-corrected chi connectivity index (χ3v) is 11.4. The normalized spacial score (nSPS) is 12.6. The third-order valence-electron chi connectivity index (χ3n) is 11.4. The van der Waals surface area contributed by atoms with E-state index >= 15 is 0 Å². The molecule has 0 aliphatic heterocycles. The first-order valence-corrected chi connectivity index (χ1v) is 20.7. The lowest BCUT2D eigenvalue weighted by Crippen LogP contribution is -2.20. The number of rotatable bonds is 9. The molecule has 0 radical (unpaired) electrons. The molecule has 0 amide bonds. The van der Waals surface area contributed by atoms with Crippen LogP contribution >= 0.6 is 0 Å². The molecule has 0 spiro atoms. The second-order valence-corrected chi connectivity index (χ2v) is 17.6. The molecule has 0 saturated carbocycles. The van der Waals surface area contributed by atoms with Crippen LogP contribution in [0.15, 0.2) is 169 Å². The van der Waals surface area contributed by atoms with E-state index in [2.05, 4.69) is 167 Å². The minimum atomic E-state index is -0.318. The Morgan fingerprint density at radius 1 is 0.583 bits per heavy atom. The molecule has 6 nitrogen and oxygen atoms in total. The molecule has 6 aromatic carbocycles. The number of nitrogens with zero attached hydrogens (tertiary/aromatic N) is 3. The lowest BCUT2D eigenvalue weighted by molar-refractivity contribution is 0.448. The van der Waals surface area contributed by atoms with Gasteiger partial charge in [0.2, 0.25) is 5.89 Å². The Labute approximate surface area is 352 Å². The summed E-state index contributed by atoms with van der Waals surface area (Å²) in [6, 6.07) is 52.6. The molecule has 9 aromatic rings. The third kappa shape index (κ3) is 7.40. The van der Waals surface area contributed by atoms with Crippen molar-refractivity contribution in [2.75, 3.05) is 7.05 Å². The van der Waals surface area contributed by atoms with E-state index < -0.39 is 0 Å². The van der Waals surface area contributed by atoms with Crippen LogP contribution in [0.25, 0.3) is 61.1 Å². The van der Waals surface area contributed by atoms with Crippen molar-refractivity contribution in [1.82, 2.24) is 19.9 Å². The van der Waals surface area contributed by atoms with E-state index in [0.717, 1.165) is 67.1 Å². The van der Waals surface area contributed by atoms with Gasteiger partial charge in [0.15, 0.2) is 0 Å². The molecule has 1 N–H and O–H groups in total. The zero-order chi connectivity index (χ0) is 41.6. The zero-order valence-electron chi connectivity index (χ0n) is 35.3. The monoisotopic (exact) mass is 786 g/mol. The van der Waals surface area contributed by atoms with Gasteiger partial charge in [-0.25, -0.2) is 9.97 Å². The zero-order valence-corrected chi connectivity index (χ0v) is 35.3. The first kappa shape index (κ1) is 38.7. The van der Waals surface area contributed by atoms with Gasteiger partial charge in [-0.05, 0) is 105 Å². The van der Waals surface area contributed by atoms with Gasteiger partial charge in [0.1, 0.15) is 35.3 Å². The number of hydrogen-bond acceptors (Lipinski definition) is 5. The van der Waals surface area contributed by atoms with Crippen LogP contribution in [0.5, 0.6) is 11.5 Å². The largest absolute Gasteiger partial charge is 0.457 e. The number of hydrogen-bond donors (Lipinski definition) is 1. The van der Waals surface area contributed by atoms with E-state index in [1.807, 2.05) is 49.6 Å². The van der Waals surface area contributed by atoms with Crippen molar-refractivity contribution in [3.05, 3.63) is 187 Å². The highest BCUT2D eigenvalue weighted by atomic mass is 16.5. The lowest BCUT2D eigenvalue weighted by atomic mass is 9.86. The van der Waals surface area contributed by atoms with Crippen LogP contribution in [-0.2, 0) is 10.8 Å². The van der Waals surface area contributed by atoms with Gasteiger partial charge in [0.05, 0.1) is 11.0 Å².